The Hall–Kier alpha value is -1.30. The van der Waals surface area contributed by atoms with Crippen molar-refractivity contribution in [1.82, 2.24) is 10.4 Å². The van der Waals surface area contributed by atoms with E-state index < -0.39 is 11.6 Å². The van der Waals surface area contributed by atoms with E-state index in [1.807, 2.05) is 0 Å². The molecule has 0 aromatic heterocycles. The molecule has 0 atom stereocenters. The molecule has 0 aromatic carbocycles. The van der Waals surface area contributed by atoms with Crippen molar-refractivity contribution in [3.8, 4) is 0 Å². The van der Waals surface area contributed by atoms with Crippen molar-refractivity contribution in [2.75, 3.05) is 14.2 Å². The SMILES string of the molecule is CON(C)C(=O)C1(NC(=O)O)CCCC1. The summed E-state index contributed by atoms with van der Waals surface area (Å²) in [5.41, 5.74) is -0.989. The highest BCUT2D eigenvalue weighted by atomic mass is 16.7. The maximum absolute atomic E-state index is 11.9. The van der Waals surface area contributed by atoms with Gasteiger partial charge < -0.3 is 10.4 Å². The lowest BCUT2D eigenvalue weighted by atomic mass is 9.96. The topological polar surface area (TPSA) is 78.9 Å². The third-order valence-electron chi connectivity index (χ3n) is 2.77. The third-order valence-corrected chi connectivity index (χ3v) is 2.77. The second kappa shape index (κ2) is 4.48. The molecule has 0 aromatic rings. The molecule has 0 aliphatic heterocycles. The van der Waals surface area contributed by atoms with Gasteiger partial charge in [0, 0.05) is 7.05 Å². The second-order valence-corrected chi connectivity index (χ2v) is 3.70. The molecule has 0 spiro atoms. The van der Waals surface area contributed by atoms with E-state index in [1.54, 1.807) is 0 Å². The van der Waals surface area contributed by atoms with Crippen LogP contribution in [0.1, 0.15) is 25.7 Å². The molecule has 6 heteroatoms. The summed E-state index contributed by atoms with van der Waals surface area (Å²) in [7, 11) is 2.85. The average molecular weight is 216 g/mol. The number of amides is 2. The number of likely N-dealkylation sites (N-methyl/N-ethyl adjacent to an activating group) is 1. The van der Waals surface area contributed by atoms with Crippen LogP contribution in [0.3, 0.4) is 0 Å². The molecule has 0 unspecified atom stereocenters. The van der Waals surface area contributed by atoms with E-state index in [-0.39, 0.29) is 5.91 Å². The Morgan fingerprint density at radius 3 is 2.33 bits per heavy atom. The van der Waals surface area contributed by atoms with Crippen LogP contribution in [-0.2, 0) is 9.63 Å². The van der Waals surface area contributed by atoms with Gasteiger partial charge in [-0.3, -0.25) is 9.63 Å². The Labute approximate surface area is 88.1 Å². The Bertz CT molecular complexity index is 261. The number of carbonyl (C=O) groups excluding carboxylic acids is 1. The number of carboxylic acid groups (broad SMARTS) is 1. The maximum Gasteiger partial charge on any atom is 0.405 e. The molecule has 1 aliphatic rings. The zero-order valence-electron chi connectivity index (χ0n) is 8.95. The van der Waals surface area contributed by atoms with E-state index in [0.29, 0.717) is 12.8 Å². The number of hydrogen-bond acceptors (Lipinski definition) is 3. The van der Waals surface area contributed by atoms with Crippen LogP contribution in [0.5, 0.6) is 0 Å². The van der Waals surface area contributed by atoms with Crippen LogP contribution in [-0.4, -0.2) is 41.9 Å². The molecule has 2 amide bonds. The van der Waals surface area contributed by atoms with E-state index >= 15 is 0 Å². The number of hydrogen-bond donors (Lipinski definition) is 2. The predicted molar refractivity (Wildman–Crippen MR) is 52.1 cm³/mol. The number of carbonyl (C=O) groups is 2. The van der Waals surface area contributed by atoms with E-state index in [9.17, 15) is 9.59 Å². The van der Waals surface area contributed by atoms with Crippen molar-refractivity contribution in [2.45, 2.75) is 31.2 Å². The van der Waals surface area contributed by atoms with Gasteiger partial charge in [-0.05, 0) is 12.8 Å². The van der Waals surface area contributed by atoms with E-state index in [0.717, 1.165) is 17.9 Å². The third kappa shape index (κ3) is 2.38. The summed E-state index contributed by atoms with van der Waals surface area (Å²) in [5.74, 6) is -0.329. The first-order valence-corrected chi connectivity index (χ1v) is 4.85. The van der Waals surface area contributed by atoms with Gasteiger partial charge in [-0.2, -0.15) is 0 Å². The Kier molecular flexibility index (Phi) is 3.52. The highest BCUT2D eigenvalue weighted by Gasteiger charge is 2.44. The molecule has 6 nitrogen and oxygen atoms in total. The van der Waals surface area contributed by atoms with Gasteiger partial charge in [-0.25, -0.2) is 9.86 Å². The minimum Gasteiger partial charge on any atom is -0.465 e. The molecule has 1 saturated carbocycles. The molecule has 0 saturated heterocycles. The monoisotopic (exact) mass is 216 g/mol. The van der Waals surface area contributed by atoms with Gasteiger partial charge in [0.15, 0.2) is 0 Å². The zero-order chi connectivity index (χ0) is 11.5. The number of hydroxylamine groups is 2. The predicted octanol–water partition coefficient (Wildman–Crippen LogP) is 0.587. The first-order valence-electron chi connectivity index (χ1n) is 4.85. The van der Waals surface area contributed by atoms with Crippen molar-refractivity contribution in [3.63, 3.8) is 0 Å². The fourth-order valence-corrected chi connectivity index (χ4v) is 1.96. The second-order valence-electron chi connectivity index (χ2n) is 3.70. The Balaban J connectivity index is 2.81. The molecule has 1 rings (SSSR count). The van der Waals surface area contributed by atoms with Crippen LogP contribution in [0, 0.1) is 0 Å². The lowest BCUT2D eigenvalue weighted by Gasteiger charge is -2.30. The van der Waals surface area contributed by atoms with Gasteiger partial charge in [0.05, 0.1) is 7.11 Å². The molecule has 1 aliphatic carbocycles. The van der Waals surface area contributed by atoms with Gasteiger partial charge in [0.25, 0.3) is 5.91 Å². The van der Waals surface area contributed by atoms with Crippen LogP contribution in [0.15, 0.2) is 0 Å². The summed E-state index contributed by atoms with van der Waals surface area (Å²) in [6.07, 6.45) is 1.60. The van der Waals surface area contributed by atoms with Crippen molar-refractivity contribution < 1.29 is 19.5 Å². The van der Waals surface area contributed by atoms with Crippen LogP contribution in [0.4, 0.5) is 4.79 Å². The van der Waals surface area contributed by atoms with E-state index in [4.69, 9.17) is 9.94 Å². The fraction of sp³-hybridized carbons (Fsp3) is 0.778. The van der Waals surface area contributed by atoms with Crippen molar-refractivity contribution in [3.05, 3.63) is 0 Å². The molecule has 0 bridgehead atoms. The fourth-order valence-electron chi connectivity index (χ4n) is 1.96. The molecule has 0 heterocycles. The summed E-state index contributed by atoms with van der Waals surface area (Å²) in [5, 5.41) is 12.1. The van der Waals surface area contributed by atoms with Gasteiger partial charge in [-0.15, -0.1) is 0 Å². The van der Waals surface area contributed by atoms with Gasteiger partial charge in [-0.1, -0.05) is 12.8 Å². The first-order chi connectivity index (χ1) is 7.02. The minimum absolute atomic E-state index is 0.329. The maximum atomic E-state index is 11.9. The highest BCUT2D eigenvalue weighted by Crippen LogP contribution is 2.31. The minimum atomic E-state index is -1.17. The highest BCUT2D eigenvalue weighted by molar-refractivity contribution is 5.89. The van der Waals surface area contributed by atoms with Crippen molar-refractivity contribution in [1.29, 1.82) is 0 Å². The van der Waals surface area contributed by atoms with Crippen LogP contribution in [0.25, 0.3) is 0 Å². The quantitative estimate of drug-likeness (QED) is 0.676. The first kappa shape index (κ1) is 11.8. The molecule has 1 fully saturated rings. The van der Waals surface area contributed by atoms with E-state index in [2.05, 4.69) is 5.32 Å². The molecule has 0 radical (unpaired) electrons. The number of rotatable bonds is 3. The largest absolute Gasteiger partial charge is 0.465 e. The number of nitrogens with one attached hydrogen (secondary N) is 1. The summed E-state index contributed by atoms with van der Waals surface area (Å²) >= 11 is 0. The summed E-state index contributed by atoms with van der Waals surface area (Å²) in [4.78, 5) is 27.3. The Morgan fingerprint density at radius 2 is 1.93 bits per heavy atom. The molecular weight excluding hydrogens is 200 g/mol. The van der Waals surface area contributed by atoms with Gasteiger partial charge >= 0.3 is 6.09 Å². The lowest BCUT2D eigenvalue weighted by Crippen LogP contribution is -2.56. The lowest BCUT2D eigenvalue weighted by molar-refractivity contribution is -0.175. The molecule has 86 valence electrons. The molecule has 15 heavy (non-hydrogen) atoms. The van der Waals surface area contributed by atoms with Crippen molar-refractivity contribution >= 4 is 12.0 Å². The van der Waals surface area contributed by atoms with Crippen LogP contribution < -0.4 is 5.32 Å². The number of nitrogens with zero attached hydrogens (tertiary/aromatic N) is 1. The normalized spacial score (nSPS) is 18.5. The average Bonchev–Trinajstić information content (AvgIpc) is 2.64. The molecular formula is C9H16N2O4. The van der Waals surface area contributed by atoms with Crippen molar-refractivity contribution in [2.24, 2.45) is 0 Å². The summed E-state index contributed by atoms with van der Waals surface area (Å²) in [6.45, 7) is 0. The van der Waals surface area contributed by atoms with Gasteiger partial charge in [0.1, 0.15) is 5.54 Å². The standard InChI is InChI=1S/C9H16N2O4/c1-11(15-2)7(12)9(10-8(13)14)5-3-4-6-9/h10H,3-6H2,1-2H3,(H,13,14). The van der Waals surface area contributed by atoms with E-state index in [1.165, 1.54) is 14.2 Å². The van der Waals surface area contributed by atoms with Crippen LogP contribution in [0.2, 0.25) is 0 Å². The molecule has 2 N–H and O–H groups in total. The zero-order valence-corrected chi connectivity index (χ0v) is 8.95. The Morgan fingerprint density at radius 1 is 1.40 bits per heavy atom. The smallest absolute Gasteiger partial charge is 0.405 e. The summed E-state index contributed by atoms with van der Waals surface area (Å²) < 4.78 is 0. The summed E-state index contributed by atoms with van der Waals surface area (Å²) in [6, 6.07) is 0. The van der Waals surface area contributed by atoms with Gasteiger partial charge in [0.2, 0.25) is 0 Å². The van der Waals surface area contributed by atoms with Crippen LogP contribution >= 0.6 is 0 Å².